The summed E-state index contributed by atoms with van der Waals surface area (Å²) in [5, 5.41) is 6.06. The highest BCUT2D eigenvalue weighted by atomic mass is 16.5. The van der Waals surface area contributed by atoms with Crippen molar-refractivity contribution >= 4 is 17.6 Å². The van der Waals surface area contributed by atoms with Gasteiger partial charge in [-0.05, 0) is 30.5 Å². The zero-order valence-corrected chi connectivity index (χ0v) is 18.5. The number of amides is 3. The van der Waals surface area contributed by atoms with Crippen molar-refractivity contribution in [3.63, 3.8) is 0 Å². The normalized spacial score (nSPS) is 14.0. The minimum Gasteiger partial charge on any atom is -0.490 e. The summed E-state index contributed by atoms with van der Waals surface area (Å²) in [7, 11) is 0. The van der Waals surface area contributed by atoms with Crippen molar-refractivity contribution in [3.8, 4) is 5.75 Å². The molecule has 8 nitrogen and oxygen atoms in total. The maximum absolute atomic E-state index is 12.8. The molecule has 172 valence electrons. The Balaban J connectivity index is 1.22. The molecule has 4 rings (SSSR count). The molecule has 3 amide bonds. The summed E-state index contributed by atoms with van der Waals surface area (Å²) in [5.74, 6) is 0.653. The number of piperidine rings is 1. The van der Waals surface area contributed by atoms with E-state index in [-0.39, 0.29) is 18.0 Å². The third kappa shape index (κ3) is 6.58. The van der Waals surface area contributed by atoms with Crippen molar-refractivity contribution in [2.75, 3.05) is 25.0 Å². The number of anilines is 1. The van der Waals surface area contributed by atoms with Crippen LogP contribution in [-0.2, 0) is 17.8 Å². The predicted molar refractivity (Wildman–Crippen MR) is 126 cm³/mol. The lowest BCUT2D eigenvalue weighted by atomic mass is 10.0. The minimum atomic E-state index is -0.158. The smallest absolute Gasteiger partial charge is 0.321 e. The number of nitrogens with one attached hydrogen (secondary N) is 2. The average Bonchev–Trinajstić information content (AvgIpc) is 3.35. The van der Waals surface area contributed by atoms with E-state index in [0.29, 0.717) is 44.1 Å². The molecule has 8 heteroatoms. The zero-order valence-electron chi connectivity index (χ0n) is 18.5. The van der Waals surface area contributed by atoms with Crippen LogP contribution in [0, 0.1) is 0 Å². The fourth-order valence-electron chi connectivity index (χ4n) is 3.86. The summed E-state index contributed by atoms with van der Waals surface area (Å²) in [5.41, 5.74) is 1.64. The van der Waals surface area contributed by atoms with Gasteiger partial charge < -0.3 is 24.8 Å². The van der Waals surface area contributed by atoms with Crippen LogP contribution in [0.5, 0.6) is 5.75 Å². The van der Waals surface area contributed by atoms with Crippen LogP contribution in [0.3, 0.4) is 0 Å². The molecule has 0 atom stereocenters. The lowest BCUT2D eigenvalue weighted by molar-refractivity contribution is -0.121. The Bertz CT molecular complexity index is 1030. The number of ether oxygens (including phenoxy) is 1. The summed E-state index contributed by atoms with van der Waals surface area (Å²) in [6, 6.07) is 17.1. The number of aromatic nitrogens is 2. The van der Waals surface area contributed by atoms with Gasteiger partial charge in [-0.1, -0.05) is 42.5 Å². The second-order valence-corrected chi connectivity index (χ2v) is 8.07. The predicted octanol–water partition coefficient (Wildman–Crippen LogP) is 3.32. The highest BCUT2D eigenvalue weighted by molar-refractivity contribution is 5.91. The monoisotopic (exact) mass is 447 g/mol. The Morgan fingerprint density at radius 3 is 2.55 bits per heavy atom. The first-order chi connectivity index (χ1) is 16.2. The van der Waals surface area contributed by atoms with Crippen molar-refractivity contribution in [2.45, 2.75) is 31.8 Å². The molecule has 0 aliphatic carbocycles. The molecule has 1 aliphatic heterocycles. The van der Waals surface area contributed by atoms with E-state index in [0.717, 1.165) is 18.4 Å². The Labute approximate surface area is 193 Å². The number of benzene rings is 2. The third-order valence-corrected chi connectivity index (χ3v) is 5.65. The van der Waals surface area contributed by atoms with Crippen molar-refractivity contribution < 1.29 is 14.3 Å². The van der Waals surface area contributed by atoms with E-state index in [1.807, 2.05) is 65.4 Å². The van der Waals surface area contributed by atoms with Crippen LogP contribution >= 0.6 is 0 Å². The maximum atomic E-state index is 12.8. The molecule has 1 aliphatic rings. The zero-order chi connectivity index (χ0) is 22.9. The summed E-state index contributed by atoms with van der Waals surface area (Å²) in [6.45, 7) is 2.32. The van der Waals surface area contributed by atoms with E-state index in [4.69, 9.17) is 4.74 Å². The van der Waals surface area contributed by atoms with E-state index in [9.17, 15) is 9.59 Å². The first-order valence-corrected chi connectivity index (χ1v) is 11.2. The number of nitrogens with zero attached hydrogens (tertiary/aromatic N) is 3. The number of carbonyl (C=O) groups is 2. The van der Waals surface area contributed by atoms with Gasteiger partial charge in [0.05, 0.1) is 25.0 Å². The molecule has 3 aromatic rings. The van der Waals surface area contributed by atoms with Crippen molar-refractivity contribution in [2.24, 2.45) is 0 Å². The molecule has 1 saturated heterocycles. The Kier molecular flexibility index (Phi) is 7.58. The highest BCUT2D eigenvalue weighted by Crippen LogP contribution is 2.24. The number of urea groups is 1. The highest BCUT2D eigenvalue weighted by Gasteiger charge is 2.24. The molecule has 1 aromatic heterocycles. The lowest BCUT2D eigenvalue weighted by Crippen LogP contribution is -2.48. The molecule has 0 unspecified atom stereocenters. The number of rotatable bonds is 8. The number of hydrogen-bond acceptors (Lipinski definition) is 4. The van der Waals surface area contributed by atoms with Crippen LogP contribution in [0.25, 0.3) is 0 Å². The Morgan fingerprint density at radius 1 is 1.03 bits per heavy atom. The summed E-state index contributed by atoms with van der Waals surface area (Å²) >= 11 is 0. The number of likely N-dealkylation sites (tertiary alicyclic amines) is 1. The van der Waals surface area contributed by atoms with Gasteiger partial charge in [-0.25, -0.2) is 9.78 Å². The van der Waals surface area contributed by atoms with E-state index in [1.165, 1.54) is 0 Å². The van der Waals surface area contributed by atoms with Gasteiger partial charge in [0.25, 0.3) is 0 Å². The SMILES string of the molecule is O=C(Cc1ccccc1)NC1CCN(C(=O)Nc2ccccc2OCCn2ccnc2)CC1. The first kappa shape index (κ1) is 22.4. The van der Waals surface area contributed by atoms with Crippen LogP contribution in [0.4, 0.5) is 10.5 Å². The summed E-state index contributed by atoms with van der Waals surface area (Å²) in [4.78, 5) is 30.9. The van der Waals surface area contributed by atoms with E-state index < -0.39 is 0 Å². The minimum absolute atomic E-state index is 0.0193. The molecule has 0 spiro atoms. The van der Waals surface area contributed by atoms with Crippen LogP contribution in [0.15, 0.2) is 73.3 Å². The topological polar surface area (TPSA) is 88.5 Å². The summed E-state index contributed by atoms with van der Waals surface area (Å²) < 4.78 is 7.81. The number of carbonyl (C=O) groups excluding carboxylic acids is 2. The van der Waals surface area contributed by atoms with Gasteiger partial charge in [0, 0.05) is 31.5 Å². The Morgan fingerprint density at radius 2 is 1.79 bits per heavy atom. The first-order valence-electron chi connectivity index (χ1n) is 11.2. The second-order valence-electron chi connectivity index (χ2n) is 8.07. The van der Waals surface area contributed by atoms with Gasteiger partial charge in [0.15, 0.2) is 0 Å². The maximum Gasteiger partial charge on any atom is 0.321 e. The van der Waals surface area contributed by atoms with Gasteiger partial charge in [-0.2, -0.15) is 0 Å². The molecular weight excluding hydrogens is 418 g/mol. The van der Waals surface area contributed by atoms with Gasteiger partial charge in [0.1, 0.15) is 12.4 Å². The van der Waals surface area contributed by atoms with Crippen molar-refractivity contribution in [1.29, 1.82) is 0 Å². The summed E-state index contributed by atoms with van der Waals surface area (Å²) in [6.07, 6.45) is 7.19. The molecule has 2 N–H and O–H groups in total. The molecule has 33 heavy (non-hydrogen) atoms. The fraction of sp³-hybridized carbons (Fsp3) is 0.320. The molecule has 2 aromatic carbocycles. The van der Waals surface area contributed by atoms with Gasteiger partial charge in [0.2, 0.25) is 5.91 Å². The van der Waals surface area contributed by atoms with Crippen LogP contribution in [-0.4, -0.2) is 52.1 Å². The molecule has 0 bridgehead atoms. The number of imidazole rings is 1. The number of para-hydroxylation sites is 2. The standard InChI is InChI=1S/C25H29N5O3/c31-24(18-20-6-2-1-3-7-20)27-21-10-13-30(14-11-21)25(32)28-22-8-4-5-9-23(22)33-17-16-29-15-12-26-19-29/h1-9,12,15,19,21H,10-11,13-14,16-18H2,(H,27,31)(H,28,32). The molecule has 2 heterocycles. The molecule has 0 radical (unpaired) electrons. The average molecular weight is 448 g/mol. The van der Waals surface area contributed by atoms with Crippen molar-refractivity contribution in [1.82, 2.24) is 19.8 Å². The van der Waals surface area contributed by atoms with E-state index in [1.54, 1.807) is 17.4 Å². The van der Waals surface area contributed by atoms with Crippen molar-refractivity contribution in [3.05, 3.63) is 78.9 Å². The molecule has 1 fully saturated rings. The van der Waals surface area contributed by atoms with Gasteiger partial charge in [-0.15, -0.1) is 0 Å². The van der Waals surface area contributed by atoms with Crippen LogP contribution in [0.1, 0.15) is 18.4 Å². The lowest BCUT2D eigenvalue weighted by Gasteiger charge is -2.32. The number of hydrogen-bond donors (Lipinski definition) is 2. The van der Waals surface area contributed by atoms with Gasteiger partial charge in [-0.3, -0.25) is 4.79 Å². The molecule has 0 saturated carbocycles. The van der Waals surface area contributed by atoms with E-state index >= 15 is 0 Å². The second kappa shape index (κ2) is 11.2. The fourth-order valence-corrected chi connectivity index (χ4v) is 3.86. The molecular formula is C25H29N5O3. The quantitative estimate of drug-likeness (QED) is 0.555. The third-order valence-electron chi connectivity index (χ3n) is 5.65. The largest absolute Gasteiger partial charge is 0.490 e. The van der Waals surface area contributed by atoms with E-state index in [2.05, 4.69) is 15.6 Å². The van der Waals surface area contributed by atoms with Gasteiger partial charge >= 0.3 is 6.03 Å². The van der Waals surface area contributed by atoms with Crippen LogP contribution < -0.4 is 15.4 Å². The van der Waals surface area contributed by atoms with Crippen LogP contribution in [0.2, 0.25) is 0 Å². The Hall–Kier alpha value is -3.81.